The maximum atomic E-state index is 13.1. The molecule has 4 nitrogen and oxygen atoms in total. The summed E-state index contributed by atoms with van der Waals surface area (Å²) in [4.78, 5) is 25.7. The molecule has 26 heavy (non-hydrogen) atoms. The van der Waals surface area contributed by atoms with E-state index >= 15 is 0 Å². The summed E-state index contributed by atoms with van der Waals surface area (Å²) >= 11 is 0. The van der Waals surface area contributed by atoms with Crippen LogP contribution in [0.1, 0.15) is 51.0 Å². The summed E-state index contributed by atoms with van der Waals surface area (Å²) in [5.41, 5.74) is -0.564. The van der Waals surface area contributed by atoms with Crippen molar-refractivity contribution in [2.45, 2.75) is 63.7 Å². The number of carbonyl (C=O) groups is 2. The lowest BCUT2D eigenvalue weighted by Gasteiger charge is -2.46. The van der Waals surface area contributed by atoms with Gasteiger partial charge in [-0.2, -0.15) is 13.2 Å². The molecule has 0 saturated carbocycles. The first-order valence-electron chi connectivity index (χ1n) is 9.02. The van der Waals surface area contributed by atoms with E-state index in [4.69, 9.17) is 0 Å². The maximum absolute atomic E-state index is 13.1. The van der Waals surface area contributed by atoms with Crippen LogP contribution in [0.25, 0.3) is 0 Å². The molecule has 1 aromatic carbocycles. The van der Waals surface area contributed by atoms with E-state index in [2.05, 4.69) is 5.32 Å². The van der Waals surface area contributed by atoms with Crippen LogP contribution in [0.3, 0.4) is 0 Å². The molecule has 2 rings (SSSR count). The molecule has 1 aliphatic rings. The number of unbranched alkanes of at least 4 members (excludes halogenated alkanes) is 1. The lowest BCUT2D eigenvalue weighted by molar-refractivity contribution is -0.195. The highest BCUT2D eigenvalue weighted by atomic mass is 19.4. The number of amides is 2. The third kappa shape index (κ3) is 4.56. The van der Waals surface area contributed by atoms with Crippen LogP contribution < -0.4 is 5.32 Å². The molecule has 0 radical (unpaired) electrons. The number of nitrogens with one attached hydrogen (secondary N) is 1. The van der Waals surface area contributed by atoms with E-state index in [0.29, 0.717) is 19.3 Å². The Kier molecular flexibility index (Phi) is 6.67. The summed E-state index contributed by atoms with van der Waals surface area (Å²) < 4.78 is 39.3. The molecule has 0 aliphatic carbocycles. The number of piperidine rings is 1. The van der Waals surface area contributed by atoms with Crippen LogP contribution in [-0.4, -0.2) is 35.0 Å². The van der Waals surface area contributed by atoms with E-state index in [9.17, 15) is 22.8 Å². The van der Waals surface area contributed by atoms with Gasteiger partial charge in [0.1, 0.15) is 5.54 Å². The fourth-order valence-corrected chi connectivity index (χ4v) is 3.51. The van der Waals surface area contributed by atoms with Crippen molar-refractivity contribution in [2.24, 2.45) is 0 Å². The third-order valence-corrected chi connectivity index (χ3v) is 4.89. The predicted molar refractivity (Wildman–Crippen MR) is 92.2 cm³/mol. The number of nitrogens with zero attached hydrogens (tertiary/aromatic N) is 1. The van der Waals surface area contributed by atoms with Crippen LogP contribution in [0, 0.1) is 0 Å². The largest absolute Gasteiger partial charge is 0.471 e. The molecular formula is C19H25F3N2O2. The van der Waals surface area contributed by atoms with Crippen molar-refractivity contribution in [1.82, 2.24) is 10.2 Å². The van der Waals surface area contributed by atoms with Crippen LogP contribution in [0.2, 0.25) is 0 Å². The van der Waals surface area contributed by atoms with Crippen molar-refractivity contribution in [3.8, 4) is 0 Å². The Morgan fingerprint density at radius 2 is 1.88 bits per heavy atom. The number of hydrogen-bond acceptors (Lipinski definition) is 2. The van der Waals surface area contributed by atoms with Gasteiger partial charge in [0.25, 0.3) is 0 Å². The quantitative estimate of drug-likeness (QED) is 0.828. The molecule has 1 aromatic rings. The van der Waals surface area contributed by atoms with Crippen LogP contribution in [-0.2, 0) is 16.1 Å². The summed E-state index contributed by atoms with van der Waals surface area (Å²) in [6, 6.07) is 9.17. The van der Waals surface area contributed by atoms with E-state index in [1.54, 1.807) is 0 Å². The molecule has 1 heterocycles. The zero-order chi connectivity index (χ0) is 19.2. The molecule has 1 atom stereocenters. The summed E-state index contributed by atoms with van der Waals surface area (Å²) in [5, 5.41) is 2.75. The molecular weight excluding hydrogens is 345 g/mol. The van der Waals surface area contributed by atoms with Crippen LogP contribution in [0.4, 0.5) is 13.2 Å². The van der Waals surface area contributed by atoms with Crippen molar-refractivity contribution in [1.29, 1.82) is 0 Å². The van der Waals surface area contributed by atoms with Crippen LogP contribution in [0.15, 0.2) is 30.3 Å². The minimum Gasteiger partial charge on any atom is -0.350 e. The molecule has 1 fully saturated rings. The zero-order valence-electron chi connectivity index (χ0n) is 14.9. The lowest BCUT2D eigenvalue weighted by atomic mass is 9.81. The first kappa shape index (κ1) is 20.3. The maximum Gasteiger partial charge on any atom is 0.471 e. The highest BCUT2D eigenvalue weighted by Crippen LogP contribution is 2.36. The van der Waals surface area contributed by atoms with Gasteiger partial charge in [-0.05, 0) is 31.2 Å². The number of hydrogen-bond donors (Lipinski definition) is 1. The third-order valence-electron chi connectivity index (χ3n) is 4.89. The van der Waals surface area contributed by atoms with Gasteiger partial charge in [0.05, 0.1) is 0 Å². The number of benzene rings is 1. The van der Waals surface area contributed by atoms with Gasteiger partial charge in [-0.3, -0.25) is 9.59 Å². The van der Waals surface area contributed by atoms with Gasteiger partial charge in [-0.25, -0.2) is 0 Å². The number of likely N-dealkylation sites (tertiary alicyclic amines) is 1. The standard InChI is InChI=1S/C19H25F3N2O2/c1-2-3-11-18(16(25)23-14-15-9-5-4-6-10-15)12-7-8-13-24(18)17(26)19(20,21)22/h4-6,9-10H,2-3,7-8,11-14H2,1H3,(H,23,25). The van der Waals surface area contributed by atoms with E-state index < -0.39 is 23.5 Å². The van der Waals surface area contributed by atoms with Gasteiger partial charge in [-0.15, -0.1) is 0 Å². The monoisotopic (exact) mass is 370 g/mol. The molecule has 0 spiro atoms. The first-order valence-corrected chi connectivity index (χ1v) is 9.02. The molecule has 0 bridgehead atoms. The number of halogens is 3. The number of carbonyl (C=O) groups excluding carboxylic acids is 2. The van der Waals surface area contributed by atoms with Crippen molar-refractivity contribution in [3.63, 3.8) is 0 Å². The average molecular weight is 370 g/mol. The number of rotatable bonds is 6. The summed E-state index contributed by atoms with van der Waals surface area (Å²) in [7, 11) is 0. The Bertz CT molecular complexity index is 619. The molecule has 2 amide bonds. The molecule has 1 N–H and O–H groups in total. The second kappa shape index (κ2) is 8.56. The van der Waals surface area contributed by atoms with Gasteiger partial charge >= 0.3 is 12.1 Å². The minimum atomic E-state index is -4.98. The van der Waals surface area contributed by atoms with Gasteiger partial charge in [0.2, 0.25) is 5.91 Å². The molecule has 7 heteroatoms. The van der Waals surface area contributed by atoms with Crippen LogP contribution in [0.5, 0.6) is 0 Å². The van der Waals surface area contributed by atoms with Gasteiger partial charge in [0.15, 0.2) is 0 Å². The van der Waals surface area contributed by atoms with E-state index in [-0.39, 0.29) is 25.9 Å². The Balaban J connectivity index is 2.25. The summed E-state index contributed by atoms with van der Waals surface area (Å²) in [5.74, 6) is -2.41. The molecule has 0 aromatic heterocycles. The SMILES string of the molecule is CCCCC1(C(=O)NCc2ccccc2)CCCCN1C(=O)C(F)(F)F. The Labute approximate surface area is 151 Å². The summed E-state index contributed by atoms with van der Waals surface area (Å²) in [6.45, 7) is 2.09. The van der Waals surface area contributed by atoms with Gasteiger partial charge in [0, 0.05) is 13.1 Å². The minimum absolute atomic E-state index is 0.0409. The van der Waals surface area contributed by atoms with Gasteiger partial charge in [-0.1, -0.05) is 50.1 Å². The Morgan fingerprint density at radius 3 is 2.50 bits per heavy atom. The second-order valence-corrected chi connectivity index (χ2v) is 6.72. The van der Waals surface area contributed by atoms with Gasteiger partial charge < -0.3 is 10.2 Å². The van der Waals surface area contributed by atoms with E-state index in [1.807, 2.05) is 37.3 Å². The van der Waals surface area contributed by atoms with E-state index in [0.717, 1.165) is 16.9 Å². The Morgan fingerprint density at radius 1 is 1.19 bits per heavy atom. The average Bonchev–Trinajstić information content (AvgIpc) is 2.64. The fourth-order valence-electron chi connectivity index (χ4n) is 3.51. The Hall–Kier alpha value is -2.05. The normalized spacial score (nSPS) is 20.7. The topological polar surface area (TPSA) is 49.4 Å². The van der Waals surface area contributed by atoms with Crippen molar-refractivity contribution in [2.75, 3.05) is 6.54 Å². The van der Waals surface area contributed by atoms with Crippen molar-refractivity contribution >= 4 is 11.8 Å². The first-order chi connectivity index (χ1) is 12.3. The molecule has 1 saturated heterocycles. The molecule has 1 aliphatic heterocycles. The smallest absolute Gasteiger partial charge is 0.350 e. The predicted octanol–water partition coefficient (Wildman–Crippen LogP) is 3.81. The van der Waals surface area contributed by atoms with Crippen molar-refractivity contribution < 1.29 is 22.8 Å². The molecule has 144 valence electrons. The number of alkyl halides is 3. The fraction of sp³-hybridized carbons (Fsp3) is 0.579. The zero-order valence-corrected chi connectivity index (χ0v) is 14.9. The second-order valence-electron chi connectivity index (χ2n) is 6.72. The molecule has 1 unspecified atom stereocenters. The van der Waals surface area contributed by atoms with E-state index in [1.165, 1.54) is 0 Å². The van der Waals surface area contributed by atoms with Crippen LogP contribution >= 0.6 is 0 Å². The highest BCUT2D eigenvalue weighted by Gasteiger charge is 2.53. The highest BCUT2D eigenvalue weighted by molar-refractivity contribution is 5.93. The summed E-state index contributed by atoms with van der Waals surface area (Å²) in [6.07, 6.45) is -2.05. The van der Waals surface area contributed by atoms with Crippen molar-refractivity contribution in [3.05, 3.63) is 35.9 Å². The lowest BCUT2D eigenvalue weighted by Crippen LogP contribution is -2.64.